The molecule has 0 radical (unpaired) electrons. The normalized spacial score (nSPS) is 10.6. The molecule has 3 rings (SSSR count). The van der Waals surface area contributed by atoms with Crippen LogP contribution in [0.4, 0.5) is 4.39 Å². The van der Waals surface area contributed by atoms with Crippen LogP contribution in [0, 0.1) is 5.82 Å². The third-order valence-corrected chi connectivity index (χ3v) is 3.52. The SMILES string of the molecule is O=C(OCc1ccc(Br)cc1F)c1cnc2ccccc2n1. The van der Waals surface area contributed by atoms with Gasteiger partial charge in [0.2, 0.25) is 0 Å². The third kappa shape index (κ3) is 3.12. The van der Waals surface area contributed by atoms with Gasteiger partial charge in [-0.05, 0) is 24.3 Å². The van der Waals surface area contributed by atoms with Crippen molar-refractivity contribution in [3.63, 3.8) is 0 Å². The minimum absolute atomic E-state index is 0.0937. The Kier molecular flexibility index (Phi) is 4.11. The second kappa shape index (κ2) is 6.19. The van der Waals surface area contributed by atoms with Gasteiger partial charge in [0.25, 0.3) is 0 Å². The summed E-state index contributed by atoms with van der Waals surface area (Å²) in [5, 5.41) is 0. The first-order valence-corrected chi connectivity index (χ1v) is 7.25. The van der Waals surface area contributed by atoms with Gasteiger partial charge in [0.1, 0.15) is 12.4 Å². The van der Waals surface area contributed by atoms with Crippen molar-refractivity contribution in [2.75, 3.05) is 0 Å². The number of rotatable bonds is 3. The van der Waals surface area contributed by atoms with Gasteiger partial charge in [-0.1, -0.05) is 34.1 Å². The van der Waals surface area contributed by atoms with E-state index in [2.05, 4.69) is 25.9 Å². The molecule has 3 aromatic rings. The van der Waals surface area contributed by atoms with Crippen LogP contribution in [0.15, 0.2) is 53.1 Å². The van der Waals surface area contributed by atoms with E-state index in [1.165, 1.54) is 12.3 Å². The number of ether oxygens (including phenoxy) is 1. The fourth-order valence-corrected chi connectivity index (χ4v) is 2.24. The molecule has 4 nitrogen and oxygen atoms in total. The fraction of sp³-hybridized carbons (Fsp3) is 0.0625. The number of benzene rings is 2. The van der Waals surface area contributed by atoms with Gasteiger partial charge < -0.3 is 4.74 Å². The zero-order valence-corrected chi connectivity index (χ0v) is 12.9. The Morgan fingerprint density at radius 3 is 2.73 bits per heavy atom. The highest BCUT2D eigenvalue weighted by Crippen LogP contribution is 2.16. The number of carbonyl (C=O) groups is 1. The predicted molar refractivity (Wildman–Crippen MR) is 82.8 cm³/mol. The Labute approximate surface area is 134 Å². The lowest BCUT2D eigenvalue weighted by Gasteiger charge is -2.06. The minimum Gasteiger partial charge on any atom is -0.456 e. The Hall–Kier alpha value is -2.34. The lowest BCUT2D eigenvalue weighted by Crippen LogP contribution is -2.09. The zero-order valence-electron chi connectivity index (χ0n) is 11.3. The van der Waals surface area contributed by atoms with E-state index in [-0.39, 0.29) is 12.3 Å². The lowest BCUT2D eigenvalue weighted by atomic mass is 10.2. The molecule has 1 heterocycles. The van der Waals surface area contributed by atoms with Gasteiger partial charge in [-0.15, -0.1) is 0 Å². The van der Waals surface area contributed by atoms with Crippen LogP contribution < -0.4 is 0 Å². The van der Waals surface area contributed by atoms with Crippen molar-refractivity contribution >= 4 is 32.9 Å². The average Bonchev–Trinajstić information content (AvgIpc) is 2.53. The number of para-hydroxylation sites is 2. The average molecular weight is 361 g/mol. The topological polar surface area (TPSA) is 52.1 Å². The van der Waals surface area contributed by atoms with E-state index in [0.717, 1.165) is 0 Å². The maximum Gasteiger partial charge on any atom is 0.358 e. The van der Waals surface area contributed by atoms with Crippen LogP contribution in [0.1, 0.15) is 16.1 Å². The summed E-state index contributed by atoms with van der Waals surface area (Å²) in [7, 11) is 0. The molecule has 6 heteroatoms. The summed E-state index contributed by atoms with van der Waals surface area (Å²) < 4.78 is 19.4. The number of nitrogens with zero attached hydrogens (tertiary/aromatic N) is 2. The Balaban J connectivity index is 1.75. The van der Waals surface area contributed by atoms with Crippen molar-refractivity contribution in [3.05, 3.63) is 70.2 Å². The van der Waals surface area contributed by atoms with Crippen LogP contribution in [-0.4, -0.2) is 15.9 Å². The number of carbonyl (C=O) groups excluding carboxylic acids is 1. The molecule has 0 saturated heterocycles. The third-order valence-electron chi connectivity index (χ3n) is 3.03. The van der Waals surface area contributed by atoms with Gasteiger partial charge in [0.05, 0.1) is 17.2 Å². The van der Waals surface area contributed by atoms with E-state index >= 15 is 0 Å². The van der Waals surface area contributed by atoms with E-state index in [9.17, 15) is 9.18 Å². The molecule has 0 unspecified atom stereocenters. The van der Waals surface area contributed by atoms with Crippen LogP contribution in [0.2, 0.25) is 0 Å². The second-order valence-corrected chi connectivity index (χ2v) is 5.47. The van der Waals surface area contributed by atoms with E-state index in [0.29, 0.717) is 21.1 Å². The zero-order chi connectivity index (χ0) is 15.5. The summed E-state index contributed by atoms with van der Waals surface area (Å²) in [6.07, 6.45) is 1.35. The molecule has 0 saturated carbocycles. The molecule has 22 heavy (non-hydrogen) atoms. The predicted octanol–water partition coefficient (Wildman–Crippen LogP) is 3.89. The molecule has 0 N–H and O–H groups in total. The molecular weight excluding hydrogens is 351 g/mol. The van der Waals surface area contributed by atoms with Crippen molar-refractivity contribution in [2.24, 2.45) is 0 Å². The molecule has 1 aromatic heterocycles. The maximum absolute atomic E-state index is 13.7. The summed E-state index contributed by atoms with van der Waals surface area (Å²) in [6.45, 7) is -0.160. The van der Waals surface area contributed by atoms with Crippen molar-refractivity contribution < 1.29 is 13.9 Å². The minimum atomic E-state index is -0.638. The standard InChI is InChI=1S/C16H10BrFN2O2/c17-11-6-5-10(12(18)7-11)9-22-16(21)15-8-19-13-3-1-2-4-14(13)20-15/h1-8H,9H2. The highest BCUT2D eigenvalue weighted by Gasteiger charge is 2.12. The molecule has 0 fully saturated rings. The van der Waals surface area contributed by atoms with Crippen molar-refractivity contribution in [1.82, 2.24) is 9.97 Å². The summed E-state index contributed by atoms with van der Waals surface area (Å²) in [5.41, 5.74) is 1.69. The molecule has 0 aliphatic heterocycles. The smallest absolute Gasteiger partial charge is 0.358 e. The Bertz CT molecular complexity index is 854. The number of aromatic nitrogens is 2. The molecule has 2 aromatic carbocycles. The first kappa shape index (κ1) is 14.6. The first-order chi connectivity index (χ1) is 10.6. The lowest BCUT2D eigenvalue weighted by molar-refractivity contribution is 0.0462. The number of hydrogen-bond acceptors (Lipinski definition) is 4. The van der Waals surface area contributed by atoms with E-state index in [1.807, 2.05) is 12.1 Å². The summed E-state index contributed by atoms with van der Waals surface area (Å²) in [5.74, 6) is -1.08. The summed E-state index contributed by atoms with van der Waals surface area (Å²) in [4.78, 5) is 20.3. The number of halogens is 2. The largest absolute Gasteiger partial charge is 0.456 e. The van der Waals surface area contributed by atoms with E-state index in [1.54, 1.807) is 24.3 Å². The molecule has 0 atom stereocenters. The molecule has 0 amide bonds. The van der Waals surface area contributed by atoms with Gasteiger partial charge in [-0.3, -0.25) is 4.98 Å². The van der Waals surface area contributed by atoms with Gasteiger partial charge >= 0.3 is 5.97 Å². The number of hydrogen-bond donors (Lipinski definition) is 0. The molecule has 0 aliphatic carbocycles. The number of fused-ring (bicyclic) bond motifs is 1. The second-order valence-electron chi connectivity index (χ2n) is 4.56. The van der Waals surface area contributed by atoms with Crippen LogP contribution >= 0.6 is 15.9 Å². The molecule has 0 aliphatic rings. The monoisotopic (exact) mass is 360 g/mol. The van der Waals surface area contributed by atoms with Crippen LogP contribution in [0.3, 0.4) is 0 Å². The number of esters is 1. The van der Waals surface area contributed by atoms with Gasteiger partial charge in [-0.25, -0.2) is 14.2 Å². The van der Waals surface area contributed by atoms with E-state index in [4.69, 9.17) is 4.74 Å². The van der Waals surface area contributed by atoms with Crippen molar-refractivity contribution in [2.45, 2.75) is 6.61 Å². The Morgan fingerprint density at radius 2 is 1.95 bits per heavy atom. The molecule has 0 spiro atoms. The fourth-order valence-electron chi connectivity index (χ4n) is 1.91. The summed E-state index contributed by atoms with van der Waals surface area (Å²) >= 11 is 3.17. The van der Waals surface area contributed by atoms with Gasteiger partial charge in [0.15, 0.2) is 5.69 Å². The molecule has 0 bridgehead atoms. The van der Waals surface area contributed by atoms with Crippen LogP contribution in [0.5, 0.6) is 0 Å². The first-order valence-electron chi connectivity index (χ1n) is 6.46. The van der Waals surface area contributed by atoms with Gasteiger partial charge in [0, 0.05) is 10.0 Å². The highest BCUT2D eigenvalue weighted by molar-refractivity contribution is 9.10. The van der Waals surface area contributed by atoms with Gasteiger partial charge in [-0.2, -0.15) is 0 Å². The van der Waals surface area contributed by atoms with Crippen LogP contribution in [0.25, 0.3) is 11.0 Å². The van der Waals surface area contributed by atoms with Crippen LogP contribution in [-0.2, 0) is 11.3 Å². The summed E-state index contributed by atoms with van der Waals surface area (Å²) in [6, 6.07) is 11.8. The maximum atomic E-state index is 13.7. The van der Waals surface area contributed by atoms with Crippen molar-refractivity contribution in [1.29, 1.82) is 0 Å². The quantitative estimate of drug-likeness (QED) is 0.665. The molecular formula is C16H10BrFN2O2. The molecule has 110 valence electrons. The Morgan fingerprint density at radius 1 is 1.18 bits per heavy atom. The van der Waals surface area contributed by atoms with Crippen molar-refractivity contribution in [3.8, 4) is 0 Å². The highest BCUT2D eigenvalue weighted by atomic mass is 79.9. The van der Waals surface area contributed by atoms with E-state index < -0.39 is 11.8 Å².